The number of Topliss-reactive ketones (excluding diaryl/α,β-unsaturated/α-hetero) is 1. The largest absolute Gasteiger partial charge is 0.485 e. The number of carbonyl (C=O) groups excluding carboxylic acids is 1. The van der Waals surface area contributed by atoms with E-state index < -0.39 is 0 Å². The fraction of sp³-hybridized carbons (Fsp3) is 0.182. The van der Waals surface area contributed by atoms with Crippen LogP contribution < -0.4 is 4.74 Å². The van der Waals surface area contributed by atoms with Gasteiger partial charge in [0.05, 0.1) is 16.1 Å². The molecule has 0 aliphatic heterocycles. The average Bonchev–Trinajstić information content (AvgIpc) is 2.66. The van der Waals surface area contributed by atoms with Gasteiger partial charge in [0, 0.05) is 0 Å². The predicted molar refractivity (Wildman–Crippen MR) is 60.1 cm³/mol. The lowest BCUT2D eigenvalue weighted by Crippen LogP contribution is -2.06. The van der Waals surface area contributed by atoms with Crippen LogP contribution in [-0.4, -0.2) is 12.4 Å². The van der Waals surface area contributed by atoms with Gasteiger partial charge < -0.3 is 9.15 Å². The SMILES string of the molecule is CC(=O)COc1ccc(Br)c2occc12. The Kier molecular flexibility index (Phi) is 2.77. The summed E-state index contributed by atoms with van der Waals surface area (Å²) >= 11 is 3.37. The zero-order valence-electron chi connectivity index (χ0n) is 8.12. The first-order valence-corrected chi connectivity index (χ1v) is 5.25. The van der Waals surface area contributed by atoms with Gasteiger partial charge in [0.15, 0.2) is 11.4 Å². The normalized spacial score (nSPS) is 10.5. The zero-order valence-corrected chi connectivity index (χ0v) is 9.71. The minimum absolute atomic E-state index is 0.00503. The van der Waals surface area contributed by atoms with Gasteiger partial charge in [0.1, 0.15) is 12.4 Å². The molecular weight excluding hydrogens is 260 g/mol. The Balaban J connectivity index is 2.39. The van der Waals surface area contributed by atoms with Gasteiger partial charge in [-0.3, -0.25) is 4.79 Å². The maximum Gasteiger partial charge on any atom is 0.167 e. The molecule has 2 aromatic rings. The molecule has 0 aliphatic rings. The van der Waals surface area contributed by atoms with Crippen molar-refractivity contribution < 1.29 is 13.9 Å². The monoisotopic (exact) mass is 268 g/mol. The molecule has 0 bridgehead atoms. The van der Waals surface area contributed by atoms with Crippen molar-refractivity contribution in [3.63, 3.8) is 0 Å². The smallest absolute Gasteiger partial charge is 0.167 e. The van der Waals surface area contributed by atoms with Crippen LogP contribution in [-0.2, 0) is 4.79 Å². The first-order valence-electron chi connectivity index (χ1n) is 4.46. The molecule has 0 saturated carbocycles. The number of benzene rings is 1. The lowest BCUT2D eigenvalue weighted by molar-refractivity contribution is -0.118. The summed E-state index contributed by atoms with van der Waals surface area (Å²) in [5.41, 5.74) is 0.732. The van der Waals surface area contributed by atoms with Crippen LogP contribution in [0.3, 0.4) is 0 Å². The van der Waals surface area contributed by atoms with Gasteiger partial charge in [-0.15, -0.1) is 0 Å². The van der Waals surface area contributed by atoms with E-state index in [4.69, 9.17) is 9.15 Å². The van der Waals surface area contributed by atoms with Crippen LogP contribution in [0.4, 0.5) is 0 Å². The van der Waals surface area contributed by atoms with E-state index in [2.05, 4.69) is 15.9 Å². The van der Waals surface area contributed by atoms with Crippen molar-refractivity contribution >= 4 is 32.7 Å². The van der Waals surface area contributed by atoms with E-state index in [0.717, 1.165) is 15.4 Å². The number of halogens is 1. The summed E-state index contributed by atoms with van der Waals surface area (Å²) in [6, 6.07) is 5.46. The molecule has 1 heterocycles. The van der Waals surface area contributed by atoms with E-state index in [1.54, 1.807) is 6.26 Å². The Morgan fingerprint density at radius 2 is 2.27 bits per heavy atom. The summed E-state index contributed by atoms with van der Waals surface area (Å²) in [6.45, 7) is 1.58. The predicted octanol–water partition coefficient (Wildman–Crippen LogP) is 3.16. The van der Waals surface area contributed by atoms with Crippen molar-refractivity contribution in [1.82, 2.24) is 0 Å². The zero-order chi connectivity index (χ0) is 10.8. The lowest BCUT2D eigenvalue weighted by Gasteiger charge is -2.05. The van der Waals surface area contributed by atoms with Crippen LogP contribution in [0.15, 0.2) is 33.4 Å². The minimum Gasteiger partial charge on any atom is -0.485 e. The van der Waals surface area contributed by atoms with Crippen LogP contribution in [0.25, 0.3) is 11.0 Å². The molecule has 1 aromatic carbocycles. The van der Waals surface area contributed by atoms with E-state index in [1.165, 1.54) is 6.92 Å². The number of ether oxygens (including phenoxy) is 1. The minimum atomic E-state index is -0.00503. The third kappa shape index (κ3) is 2.04. The van der Waals surface area contributed by atoms with E-state index in [9.17, 15) is 4.79 Å². The van der Waals surface area contributed by atoms with Crippen LogP contribution in [0.1, 0.15) is 6.92 Å². The molecule has 4 heteroatoms. The molecule has 0 amide bonds. The number of hydrogen-bond donors (Lipinski definition) is 0. The van der Waals surface area contributed by atoms with Gasteiger partial charge in [-0.2, -0.15) is 0 Å². The fourth-order valence-corrected chi connectivity index (χ4v) is 1.75. The average molecular weight is 269 g/mol. The van der Waals surface area contributed by atoms with Crippen LogP contribution >= 0.6 is 15.9 Å². The topological polar surface area (TPSA) is 39.4 Å². The van der Waals surface area contributed by atoms with E-state index >= 15 is 0 Å². The Morgan fingerprint density at radius 1 is 1.47 bits per heavy atom. The number of carbonyl (C=O) groups is 1. The summed E-state index contributed by atoms with van der Waals surface area (Å²) in [7, 11) is 0. The second-order valence-corrected chi connectivity index (χ2v) is 4.05. The molecular formula is C11H9BrO3. The van der Waals surface area contributed by atoms with Crippen molar-refractivity contribution in [2.24, 2.45) is 0 Å². The number of hydrogen-bond acceptors (Lipinski definition) is 3. The summed E-state index contributed by atoms with van der Waals surface area (Å²) in [6.07, 6.45) is 1.59. The maximum absolute atomic E-state index is 10.8. The van der Waals surface area contributed by atoms with E-state index in [1.807, 2.05) is 18.2 Å². The van der Waals surface area contributed by atoms with Crippen molar-refractivity contribution in [3.8, 4) is 5.75 Å². The van der Waals surface area contributed by atoms with Gasteiger partial charge in [0.2, 0.25) is 0 Å². The molecule has 0 spiro atoms. The quantitative estimate of drug-likeness (QED) is 0.859. The first kappa shape index (κ1) is 10.2. The maximum atomic E-state index is 10.8. The molecule has 0 atom stereocenters. The molecule has 3 nitrogen and oxygen atoms in total. The highest BCUT2D eigenvalue weighted by Crippen LogP contribution is 2.32. The Bertz CT molecular complexity index is 502. The van der Waals surface area contributed by atoms with Crippen LogP contribution in [0.5, 0.6) is 5.75 Å². The van der Waals surface area contributed by atoms with Crippen molar-refractivity contribution in [2.75, 3.05) is 6.61 Å². The summed E-state index contributed by atoms with van der Waals surface area (Å²) in [4.78, 5) is 10.8. The van der Waals surface area contributed by atoms with Crippen molar-refractivity contribution in [2.45, 2.75) is 6.92 Å². The third-order valence-corrected chi connectivity index (χ3v) is 2.58. The van der Waals surface area contributed by atoms with Gasteiger partial charge in [0.25, 0.3) is 0 Å². The molecule has 0 N–H and O–H groups in total. The molecule has 78 valence electrons. The molecule has 2 rings (SSSR count). The highest BCUT2D eigenvalue weighted by molar-refractivity contribution is 9.10. The van der Waals surface area contributed by atoms with Crippen molar-refractivity contribution in [1.29, 1.82) is 0 Å². The molecule has 0 radical (unpaired) electrons. The highest BCUT2D eigenvalue weighted by Gasteiger charge is 2.08. The molecule has 0 saturated heterocycles. The second kappa shape index (κ2) is 4.06. The molecule has 0 fully saturated rings. The Morgan fingerprint density at radius 3 is 3.00 bits per heavy atom. The Hall–Kier alpha value is -1.29. The van der Waals surface area contributed by atoms with E-state index in [0.29, 0.717) is 5.75 Å². The lowest BCUT2D eigenvalue weighted by atomic mass is 10.2. The Labute approximate surface area is 95.1 Å². The second-order valence-electron chi connectivity index (χ2n) is 3.20. The molecule has 0 aliphatic carbocycles. The molecule has 15 heavy (non-hydrogen) atoms. The third-order valence-electron chi connectivity index (χ3n) is 1.96. The number of furan rings is 1. The first-order chi connectivity index (χ1) is 7.18. The van der Waals surface area contributed by atoms with E-state index in [-0.39, 0.29) is 12.4 Å². The standard InChI is InChI=1S/C11H9BrO3/c1-7(13)6-15-10-3-2-9(12)11-8(10)4-5-14-11/h2-5H,6H2,1H3. The molecule has 1 aromatic heterocycles. The number of ketones is 1. The van der Waals surface area contributed by atoms with Gasteiger partial charge in [-0.25, -0.2) is 0 Å². The highest BCUT2D eigenvalue weighted by atomic mass is 79.9. The van der Waals surface area contributed by atoms with Crippen LogP contribution in [0, 0.1) is 0 Å². The number of rotatable bonds is 3. The van der Waals surface area contributed by atoms with Crippen LogP contribution in [0.2, 0.25) is 0 Å². The molecule has 0 unspecified atom stereocenters. The van der Waals surface area contributed by atoms with Crippen molar-refractivity contribution in [3.05, 3.63) is 28.9 Å². The fourth-order valence-electron chi connectivity index (χ4n) is 1.31. The summed E-state index contributed by atoms with van der Waals surface area (Å²) < 4.78 is 11.5. The number of fused-ring (bicyclic) bond motifs is 1. The summed E-state index contributed by atoms with van der Waals surface area (Å²) in [5, 5.41) is 0.866. The summed E-state index contributed by atoms with van der Waals surface area (Å²) in [5.74, 6) is 0.659. The van der Waals surface area contributed by atoms with Gasteiger partial charge in [-0.1, -0.05) is 0 Å². The van der Waals surface area contributed by atoms with Gasteiger partial charge >= 0.3 is 0 Å². The van der Waals surface area contributed by atoms with Gasteiger partial charge in [-0.05, 0) is 41.1 Å².